The first kappa shape index (κ1) is 17.9. The molecule has 0 aliphatic heterocycles. The Morgan fingerprint density at radius 2 is 1.38 bits per heavy atom. The number of hydrogen-bond donors (Lipinski definition) is 3. The fraction of sp³-hybridized carbons (Fsp3) is 0. The molecule has 0 radical (unpaired) electrons. The monoisotopic (exact) mass is 369 g/mol. The zero-order valence-corrected chi connectivity index (χ0v) is 14.5. The molecule has 0 unspecified atom stereocenters. The topological polar surface area (TPSA) is 95.9 Å². The number of carbonyl (C=O) groups excluding carboxylic acids is 1. The Morgan fingerprint density at radius 3 is 1.96 bits per heavy atom. The van der Waals surface area contributed by atoms with Gasteiger partial charge in [0.2, 0.25) is 0 Å². The van der Waals surface area contributed by atoms with Crippen molar-refractivity contribution >= 4 is 24.5 Å². The average Bonchev–Trinajstić information content (AvgIpc) is 2.63. The van der Waals surface area contributed by atoms with Crippen LogP contribution in [0.2, 0.25) is 0 Å². The average molecular weight is 369 g/mol. The third-order valence-corrected chi connectivity index (χ3v) is 4.53. The molecular weight excluding hydrogens is 353 g/mol. The Labute approximate surface area is 150 Å². The van der Waals surface area contributed by atoms with Crippen LogP contribution in [-0.2, 0) is 4.57 Å². The standard InChI is InChI=1S/C19H16NO5P/c21-19(20-15-8-12-18(13-9-15)26(22,23)24)14-6-10-17(11-7-14)25-16-4-2-1-3-5-16/h1-13H,(H,20,21)(H2,22,23,24). The number of rotatable bonds is 5. The van der Waals surface area contributed by atoms with Crippen LogP contribution in [0.25, 0.3) is 0 Å². The summed E-state index contributed by atoms with van der Waals surface area (Å²) < 4.78 is 16.8. The van der Waals surface area contributed by atoms with Crippen LogP contribution in [0.1, 0.15) is 10.4 Å². The number of benzene rings is 3. The van der Waals surface area contributed by atoms with Gasteiger partial charge in [0.15, 0.2) is 0 Å². The lowest BCUT2D eigenvalue weighted by molar-refractivity contribution is 0.102. The van der Waals surface area contributed by atoms with E-state index in [2.05, 4.69) is 5.32 Å². The van der Waals surface area contributed by atoms with Gasteiger partial charge in [-0.1, -0.05) is 18.2 Å². The van der Waals surface area contributed by atoms with Crippen molar-refractivity contribution in [3.63, 3.8) is 0 Å². The Balaban J connectivity index is 1.65. The van der Waals surface area contributed by atoms with Crippen LogP contribution < -0.4 is 15.4 Å². The van der Waals surface area contributed by atoms with E-state index in [4.69, 9.17) is 14.5 Å². The molecule has 0 aliphatic rings. The molecule has 0 spiro atoms. The molecule has 3 N–H and O–H groups in total. The normalized spacial score (nSPS) is 11.0. The quantitative estimate of drug-likeness (QED) is 0.598. The van der Waals surface area contributed by atoms with Crippen LogP contribution >= 0.6 is 7.60 Å². The summed E-state index contributed by atoms with van der Waals surface area (Å²) >= 11 is 0. The highest BCUT2D eigenvalue weighted by atomic mass is 31.2. The van der Waals surface area contributed by atoms with Crippen molar-refractivity contribution in [1.82, 2.24) is 0 Å². The summed E-state index contributed by atoms with van der Waals surface area (Å²) in [5.74, 6) is 0.980. The highest BCUT2D eigenvalue weighted by Crippen LogP contribution is 2.33. The fourth-order valence-electron chi connectivity index (χ4n) is 2.24. The molecule has 0 heterocycles. The van der Waals surface area contributed by atoms with Gasteiger partial charge in [0, 0.05) is 11.3 Å². The summed E-state index contributed by atoms with van der Waals surface area (Å²) in [5.41, 5.74) is 0.876. The zero-order valence-electron chi connectivity index (χ0n) is 13.6. The van der Waals surface area contributed by atoms with Crippen LogP contribution in [0.3, 0.4) is 0 Å². The first-order chi connectivity index (χ1) is 12.4. The molecule has 7 heteroatoms. The van der Waals surface area contributed by atoms with Gasteiger partial charge in [-0.2, -0.15) is 0 Å². The van der Waals surface area contributed by atoms with E-state index in [9.17, 15) is 9.36 Å². The Hall–Kier alpha value is -2.92. The Morgan fingerprint density at radius 1 is 0.808 bits per heavy atom. The predicted molar refractivity (Wildman–Crippen MR) is 99.0 cm³/mol. The summed E-state index contributed by atoms with van der Waals surface area (Å²) in [7, 11) is -4.29. The molecule has 1 amide bonds. The fourth-order valence-corrected chi connectivity index (χ4v) is 2.78. The number of amides is 1. The molecule has 0 bridgehead atoms. The molecule has 3 aromatic carbocycles. The number of para-hydroxylation sites is 1. The van der Waals surface area contributed by atoms with Crippen LogP contribution in [0.5, 0.6) is 11.5 Å². The molecule has 0 fully saturated rings. The van der Waals surface area contributed by atoms with Gasteiger partial charge in [-0.3, -0.25) is 9.36 Å². The molecule has 0 aromatic heterocycles. The van der Waals surface area contributed by atoms with E-state index in [1.807, 2.05) is 30.3 Å². The first-order valence-corrected chi connectivity index (χ1v) is 9.33. The maximum absolute atomic E-state index is 12.3. The van der Waals surface area contributed by atoms with Crippen molar-refractivity contribution in [2.75, 3.05) is 5.32 Å². The molecule has 3 aromatic rings. The second-order valence-electron chi connectivity index (χ2n) is 5.48. The van der Waals surface area contributed by atoms with E-state index in [1.165, 1.54) is 24.3 Å². The zero-order chi connectivity index (χ0) is 18.6. The third-order valence-electron chi connectivity index (χ3n) is 3.56. The summed E-state index contributed by atoms with van der Waals surface area (Å²) in [5, 5.41) is 2.57. The Kier molecular flexibility index (Phi) is 5.19. The van der Waals surface area contributed by atoms with Gasteiger partial charge in [-0.05, 0) is 60.7 Å². The minimum absolute atomic E-state index is 0.0992. The van der Waals surface area contributed by atoms with Gasteiger partial charge >= 0.3 is 7.60 Å². The lowest BCUT2D eigenvalue weighted by Gasteiger charge is -2.09. The van der Waals surface area contributed by atoms with Gasteiger partial charge in [0.25, 0.3) is 5.91 Å². The molecule has 132 valence electrons. The van der Waals surface area contributed by atoms with Crippen molar-refractivity contribution in [2.45, 2.75) is 0 Å². The highest BCUT2D eigenvalue weighted by molar-refractivity contribution is 7.60. The summed E-state index contributed by atoms with van der Waals surface area (Å²) in [6, 6.07) is 21.4. The van der Waals surface area contributed by atoms with Gasteiger partial charge < -0.3 is 19.8 Å². The third kappa shape index (κ3) is 4.58. The predicted octanol–water partition coefficient (Wildman–Crippen LogP) is 3.53. The van der Waals surface area contributed by atoms with E-state index in [-0.39, 0.29) is 11.2 Å². The first-order valence-electron chi connectivity index (χ1n) is 7.72. The van der Waals surface area contributed by atoms with Crippen molar-refractivity contribution < 1.29 is 23.9 Å². The summed E-state index contributed by atoms with van der Waals surface area (Å²) in [6.07, 6.45) is 0. The number of nitrogens with one attached hydrogen (secondary N) is 1. The van der Waals surface area contributed by atoms with Crippen LogP contribution in [-0.4, -0.2) is 15.7 Å². The minimum Gasteiger partial charge on any atom is -0.457 e. The maximum Gasteiger partial charge on any atom is 0.356 e. The smallest absolute Gasteiger partial charge is 0.356 e. The van der Waals surface area contributed by atoms with E-state index >= 15 is 0 Å². The molecule has 0 saturated carbocycles. The highest BCUT2D eigenvalue weighted by Gasteiger charge is 2.16. The van der Waals surface area contributed by atoms with E-state index in [0.717, 1.165) is 0 Å². The Bertz CT molecular complexity index is 934. The van der Waals surface area contributed by atoms with E-state index in [0.29, 0.717) is 22.7 Å². The number of carbonyl (C=O) groups is 1. The van der Waals surface area contributed by atoms with Gasteiger partial charge in [-0.15, -0.1) is 0 Å². The molecule has 3 rings (SSSR count). The lowest BCUT2D eigenvalue weighted by atomic mass is 10.2. The van der Waals surface area contributed by atoms with Crippen molar-refractivity contribution in [1.29, 1.82) is 0 Å². The van der Waals surface area contributed by atoms with Gasteiger partial charge in [-0.25, -0.2) is 0 Å². The maximum atomic E-state index is 12.3. The molecule has 26 heavy (non-hydrogen) atoms. The van der Waals surface area contributed by atoms with Crippen LogP contribution in [0.15, 0.2) is 78.9 Å². The SMILES string of the molecule is O=C(Nc1ccc(P(=O)(O)O)cc1)c1ccc(Oc2ccccc2)cc1. The second-order valence-corrected chi connectivity index (χ2v) is 7.09. The molecule has 0 aliphatic carbocycles. The molecule has 0 atom stereocenters. The van der Waals surface area contributed by atoms with Gasteiger partial charge in [0.05, 0.1) is 5.30 Å². The van der Waals surface area contributed by atoms with Crippen LogP contribution in [0, 0.1) is 0 Å². The molecular formula is C19H16NO5P. The van der Waals surface area contributed by atoms with Crippen molar-refractivity contribution in [3.8, 4) is 11.5 Å². The summed E-state index contributed by atoms with van der Waals surface area (Å²) in [6.45, 7) is 0. The number of hydrogen-bond acceptors (Lipinski definition) is 3. The molecule has 6 nitrogen and oxygen atoms in total. The summed E-state index contributed by atoms with van der Waals surface area (Å²) in [4.78, 5) is 30.4. The minimum atomic E-state index is -4.29. The van der Waals surface area contributed by atoms with Crippen molar-refractivity contribution in [2.24, 2.45) is 0 Å². The van der Waals surface area contributed by atoms with E-state index < -0.39 is 7.60 Å². The number of ether oxygens (including phenoxy) is 1. The number of anilines is 1. The van der Waals surface area contributed by atoms with Crippen molar-refractivity contribution in [3.05, 3.63) is 84.4 Å². The largest absolute Gasteiger partial charge is 0.457 e. The lowest BCUT2D eigenvalue weighted by Crippen LogP contribution is -2.12. The van der Waals surface area contributed by atoms with E-state index in [1.54, 1.807) is 24.3 Å². The molecule has 0 saturated heterocycles. The van der Waals surface area contributed by atoms with Gasteiger partial charge in [0.1, 0.15) is 11.5 Å². The van der Waals surface area contributed by atoms with Crippen LogP contribution in [0.4, 0.5) is 5.69 Å². The second kappa shape index (κ2) is 7.54.